The van der Waals surface area contributed by atoms with E-state index in [2.05, 4.69) is 11.8 Å². The molecule has 2 aliphatic heterocycles. The summed E-state index contributed by atoms with van der Waals surface area (Å²) in [7, 11) is 0. The van der Waals surface area contributed by atoms with Gasteiger partial charge in [0.1, 0.15) is 11.6 Å². The third kappa shape index (κ3) is 4.02. The van der Waals surface area contributed by atoms with Crippen molar-refractivity contribution in [3.05, 3.63) is 53.0 Å². The van der Waals surface area contributed by atoms with Crippen LogP contribution in [0.3, 0.4) is 0 Å². The van der Waals surface area contributed by atoms with Gasteiger partial charge in [0.25, 0.3) is 0 Å². The zero-order chi connectivity index (χ0) is 19.5. The molecule has 0 unspecified atom stereocenters. The van der Waals surface area contributed by atoms with Gasteiger partial charge in [0.2, 0.25) is 5.91 Å². The zero-order valence-electron chi connectivity index (χ0n) is 16.9. The highest BCUT2D eigenvalue weighted by Crippen LogP contribution is 2.27. The molecule has 0 radical (unpaired) electrons. The Kier molecular flexibility index (Phi) is 5.57. The molecule has 1 amide bonds. The maximum absolute atomic E-state index is 12.9. The number of carbonyl (C=O) groups is 1. The summed E-state index contributed by atoms with van der Waals surface area (Å²) >= 11 is 0. The number of hydrogen-bond donors (Lipinski definition) is 1. The number of anilines is 1. The second-order valence-electron chi connectivity index (χ2n) is 7.84. The molecule has 2 aliphatic rings. The SMILES string of the molecule is CC[NH+]1CCN(c2nc(C)nc3c2CN(C(=O)Cc2ccccc2)CC3)CC1. The van der Waals surface area contributed by atoms with Crippen molar-refractivity contribution in [3.63, 3.8) is 0 Å². The average Bonchev–Trinajstić information content (AvgIpc) is 2.73. The standard InChI is InChI=1S/C22H29N5O/c1-3-25-11-13-26(14-12-25)22-19-16-27(10-9-20(19)23-17(2)24-22)21(28)15-18-7-5-4-6-8-18/h4-8H,3,9-16H2,1-2H3/p+1. The molecule has 1 N–H and O–H groups in total. The smallest absolute Gasteiger partial charge is 0.227 e. The predicted octanol–water partition coefficient (Wildman–Crippen LogP) is 0.637. The van der Waals surface area contributed by atoms with Crippen molar-refractivity contribution in [2.75, 3.05) is 44.2 Å². The second-order valence-corrected chi connectivity index (χ2v) is 7.84. The highest BCUT2D eigenvalue weighted by Gasteiger charge is 2.29. The minimum Gasteiger partial charge on any atom is -0.345 e. The Morgan fingerprint density at radius 2 is 1.86 bits per heavy atom. The van der Waals surface area contributed by atoms with Crippen molar-refractivity contribution in [2.45, 2.75) is 33.2 Å². The number of rotatable bonds is 4. The van der Waals surface area contributed by atoms with Crippen LogP contribution in [0.15, 0.2) is 30.3 Å². The van der Waals surface area contributed by atoms with E-state index in [1.54, 1.807) is 4.90 Å². The number of amides is 1. The van der Waals surface area contributed by atoms with Gasteiger partial charge < -0.3 is 14.7 Å². The van der Waals surface area contributed by atoms with Crippen LogP contribution in [0.5, 0.6) is 0 Å². The Morgan fingerprint density at radius 3 is 2.57 bits per heavy atom. The van der Waals surface area contributed by atoms with Gasteiger partial charge in [0, 0.05) is 18.5 Å². The van der Waals surface area contributed by atoms with E-state index in [1.807, 2.05) is 42.2 Å². The fourth-order valence-corrected chi connectivity index (χ4v) is 4.26. The largest absolute Gasteiger partial charge is 0.345 e. The minimum atomic E-state index is 0.184. The van der Waals surface area contributed by atoms with E-state index in [0.717, 1.165) is 67.6 Å². The molecular formula is C22H30N5O+. The maximum Gasteiger partial charge on any atom is 0.227 e. The third-order valence-corrected chi connectivity index (χ3v) is 5.97. The number of nitrogens with zero attached hydrogens (tertiary/aromatic N) is 4. The molecule has 0 aliphatic carbocycles. The number of quaternary nitrogens is 1. The Hall–Kier alpha value is -2.47. The number of nitrogens with one attached hydrogen (secondary N) is 1. The molecule has 28 heavy (non-hydrogen) atoms. The first-order chi connectivity index (χ1) is 13.6. The number of piperazine rings is 1. The molecule has 0 bridgehead atoms. The number of fused-ring (bicyclic) bond motifs is 1. The van der Waals surface area contributed by atoms with Crippen LogP contribution in [0, 0.1) is 6.92 Å². The van der Waals surface area contributed by atoms with Crippen molar-refractivity contribution in [1.82, 2.24) is 14.9 Å². The number of aryl methyl sites for hydroxylation is 1. The van der Waals surface area contributed by atoms with Crippen LogP contribution in [0.4, 0.5) is 5.82 Å². The average molecular weight is 381 g/mol. The summed E-state index contributed by atoms with van der Waals surface area (Å²) in [5, 5.41) is 0. The summed E-state index contributed by atoms with van der Waals surface area (Å²) in [6, 6.07) is 9.99. The zero-order valence-corrected chi connectivity index (χ0v) is 16.9. The van der Waals surface area contributed by atoms with Crippen molar-refractivity contribution >= 4 is 11.7 Å². The minimum absolute atomic E-state index is 0.184. The Bertz CT molecular complexity index is 830. The van der Waals surface area contributed by atoms with Gasteiger partial charge in [-0.05, 0) is 19.4 Å². The van der Waals surface area contributed by atoms with E-state index in [4.69, 9.17) is 9.97 Å². The van der Waals surface area contributed by atoms with Crippen molar-refractivity contribution < 1.29 is 9.69 Å². The number of benzene rings is 1. The Morgan fingerprint density at radius 1 is 1.11 bits per heavy atom. The Balaban J connectivity index is 1.53. The topological polar surface area (TPSA) is 53.8 Å². The first kappa shape index (κ1) is 18.9. The molecule has 2 aromatic rings. The monoisotopic (exact) mass is 380 g/mol. The molecule has 1 aromatic heterocycles. The molecule has 0 saturated carbocycles. The molecule has 1 saturated heterocycles. The van der Waals surface area contributed by atoms with Gasteiger partial charge in [-0.1, -0.05) is 30.3 Å². The first-order valence-electron chi connectivity index (χ1n) is 10.4. The van der Waals surface area contributed by atoms with Crippen LogP contribution in [-0.4, -0.2) is 60.0 Å². The maximum atomic E-state index is 12.9. The van der Waals surface area contributed by atoms with Gasteiger partial charge in [-0.15, -0.1) is 0 Å². The van der Waals surface area contributed by atoms with Gasteiger partial charge in [-0.25, -0.2) is 9.97 Å². The van der Waals surface area contributed by atoms with Gasteiger partial charge in [0.15, 0.2) is 0 Å². The van der Waals surface area contributed by atoms with E-state index < -0.39 is 0 Å². The number of likely N-dealkylation sites (N-methyl/N-ethyl adjacent to an activating group) is 1. The summed E-state index contributed by atoms with van der Waals surface area (Å²) < 4.78 is 0. The van der Waals surface area contributed by atoms with Crippen molar-refractivity contribution in [2.24, 2.45) is 0 Å². The lowest BCUT2D eigenvalue weighted by atomic mass is 10.0. The van der Waals surface area contributed by atoms with Crippen LogP contribution < -0.4 is 9.80 Å². The van der Waals surface area contributed by atoms with E-state index in [9.17, 15) is 4.79 Å². The highest BCUT2D eigenvalue weighted by atomic mass is 16.2. The quantitative estimate of drug-likeness (QED) is 0.846. The first-order valence-corrected chi connectivity index (χ1v) is 10.4. The van der Waals surface area contributed by atoms with Crippen LogP contribution in [0.2, 0.25) is 0 Å². The van der Waals surface area contributed by atoms with Gasteiger partial charge in [-0.2, -0.15) is 0 Å². The van der Waals surface area contributed by atoms with Gasteiger partial charge in [-0.3, -0.25) is 4.79 Å². The van der Waals surface area contributed by atoms with E-state index in [1.165, 1.54) is 6.54 Å². The lowest BCUT2D eigenvalue weighted by molar-refractivity contribution is -0.898. The predicted molar refractivity (Wildman–Crippen MR) is 109 cm³/mol. The number of hydrogen-bond acceptors (Lipinski definition) is 4. The molecular weight excluding hydrogens is 350 g/mol. The molecule has 1 fully saturated rings. The fourth-order valence-electron chi connectivity index (χ4n) is 4.26. The van der Waals surface area contributed by atoms with Crippen LogP contribution in [0.25, 0.3) is 0 Å². The molecule has 3 heterocycles. The van der Waals surface area contributed by atoms with Gasteiger partial charge in [0.05, 0.1) is 51.4 Å². The second kappa shape index (κ2) is 8.27. The fraction of sp³-hybridized carbons (Fsp3) is 0.500. The molecule has 6 heteroatoms. The lowest BCUT2D eigenvalue weighted by Gasteiger charge is -2.36. The summed E-state index contributed by atoms with van der Waals surface area (Å²) in [6.45, 7) is 11.1. The highest BCUT2D eigenvalue weighted by molar-refractivity contribution is 5.79. The summed E-state index contributed by atoms with van der Waals surface area (Å²) in [5.41, 5.74) is 3.34. The normalized spacial score (nSPS) is 17.5. The number of aromatic nitrogens is 2. The Labute approximate surface area is 167 Å². The van der Waals surface area contributed by atoms with Crippen LogP contribution in [-0.2, 0) is 24.2 Å². The van der Waals surface area contributed by atoms with Gasteiger partial charge >= 0.3 is 0 Å². The molecule has 0 atom stereocenters. The molecule has 6 nitrogen and oxygen atoms in total. The molecule has 1 aromatic carbocycles. The molecule has 0 spiro atoms. The lowest BCUT2D eigenvalue weighted by Crippen LogP contribution is -3.14. The summed E-state index contributed by atoms with van der Waals surface area (Å²) in [5.74, 6) is 2.07. The summed E-state index contributed by atoms with van der Waals surface area (Å²) in [6.07, 6.45) is 1.27. The molecule has 4 rings (SSSR count). The third-order valence-electron chi connectivity index (χ3n) is 5.97. The van der Waals surface area contributed by atoms with E-state index in [0.29, 0.717) is 13.0 Å². The van der Waals surface area contributed by atoms with E-state index in [-0.39, 0.29) is 5.91 Å². The van der Waals surface area contributed by atoms with Crippen molar-refractivity contribution in [3.8, 4) is 0 Å². The number of carbonyl (C=O) groups excluding carboxylic acids is 1. The van der Waals surface area contributed by atoms with Crippen LogP contribution in [0.1, 0.15) is 29.6 Å². The molecule has 148 valence electrons. The van der Waals surface area contributed by atoms with Crippen molar-refractivity contribution in [1.29, 1.82) is 0 Å². The summed E-state index contributed by atoms with van der Waals surface area (Å²) in [4.78, 5) is 28.4. The van der Waals surface area contributed by atoms with E-state index >= 15 is 0 Å². The van der Waals surface area contributed by atoms with Crippen LogP contribution >= 0.6 is 0 Å².